The standard InChI is InChI=1S/C18H36N2/c1-5-19-14-18(10-6-7-11-18)15-20(4)16-8-12-17(2,3)13-9-16/h16,19H,5-15H2,1-4H3. The van der Waals surface area contributed by atoms with Crippen molar-refractivity contribution in [2.45, 2.75) is 78.2 Å². The fourth-order valence-electron chi connectivity index (χ4n) is 4.39. The van der Waals surface area contributed by atoms with Crippen LogP contribution in [0.15, 0.2) is 0 Å². The Balaban J connectivity index is 1.87. The highest BCUT2D eigenvalue weighted by molar-refractivity contribution is 4.91. The fraction of sp³-hybridized carbons (Fsp3) is 1.00. The molecule has 2 rings (SSSR count). The summed E-state index contributed by atoms with van der Waals surface area (Å²) in [5.41, 5.74) is 1.16. The molecule has 0 unspecified atom stereocenters. The molecule has 0 heterocycles. The number of rotatable bonds is 6. The smallest absolute Gasteiger partial charge is 0.00928 e. The lowest BCUT2D eigenvalue weighted by Gasteiger charge is -2.42. The first kappa shape index (κ1) is 16.3. The monoisotopic (exact) mass is 280 g/mol. The normalized spacial score (nSPS) is 26.2. The minimum Gasteiger partial charge on any atom is -0.316 e. The molecule has 0 aromatic rings. The van der Waals surface area contributed by atoms with E-state index in [-0.39, 0.29) is 0 Å². The summed E-state index contributed by atoms with van der Waals surface area (Å²) in [6.45, 7) is 10.8. The van der Waals surface area contributed by atoms with E-state index in [1.807, 2.05) is 0 Å². The van der Waals surface area contributed by atoms with E-state index in [1.165, 1.54) is 64.5 Å². The van der Waals surface area contributed by atoms with Gasteiger partial charge in [0.15, 0.2) is 0 Å². The third kappa shape index (κ3) is 4.21. The third-order valence-corrected chi connectivity index (χ3v) is 5.93. The van der Waals surface area contributed by atoms with Gasteiger partial charge in [-0.3, -0.25) is 0 Å². The molecular weight excluding hydrogens is 244 g/mol. The van der Waals surface area contributed by atoms with Crippen molar-refractivity contribution >= 4 is 0 Å². The molecule has 2 heteroatoms. The average Bonchev–Trinajstić information content (AvgIpc) is 2.85. The van der Waals surface area contributed by atoms with Crippen molar-refractivity contribution in [2.24, 2.45) is 10.8 Å². The molecule has 0 aromatic heterocycles. The van der Waals surface area contributed by atoms with Crippen LogP contribution in [0, 0.1) is 10.8 Å². The maximum absolute atomic E-state index is 3.63. The summed E-state index contributed by atoms with van der Waals surface area (Å²) in [7, 11) is 2.38. The van der Waals surface area contributed by atoms with Gasteiger partial charge in [-0.05, 0) is 62.9 Å². The van der Waals surface area contributed by atoms with E-state index in [0.717, 1.165) is 12.6 Å². The Morgan fingerprint density at radius 2 is 1.65 bits per heavy atom. The van der Waals surface area contributed by atoms with Gasteiger partial charge < -0.3 is 10.2 Å². The van der Waals surface area contributed by atoms with Gasteiger partial charge in [-0.25, -0.2) is 0 Å². The summed E-state index contributed by atoms with van der Waals surface area (Å²) in [6.07, 6.45) is 11.4. The quantitative estimate of drug-likeness (QED) is 0.789. The molecule has 0 spiro atoms. The first-order valence-electron chi connectivity index (χ1n) is 8.87. The van der Waals surface area contributed by atoms with Crippen LogP contribution in [0.4, 0.5) is 0 Å². The van der Waals surface area contributed by atoms with Gasteiger partial charge in [-0.1, -0.05) is 33.6 Å². The molecule has 0 radical (unpaired) electrons. The third-order valence-electron chi connectivity index (χ3n) is 5.93. The van der Waals surface area contributed by atoms with E-state index < -0.39 is 0 Å². The largest absolute Gasteiger partial charge is 0.316 e. The molecule has 2 saturated carbocycles. The highest BCUT2D eigenvalue weighted by Gasteiger charge is 2.37. The van der Waals surface area contributed by atoms with E-state index in [2.05, 4.69) is 38.0 Å². The Bertz CT molecular complexity index is 282. The molecule has 2 aliphatic rings. The summed E-state index contributed by atoms with van der Waals surface area (Å²) in [5, 5.41) is 3.63. The van der Waals surface area contributed by atoms with Gasteiger partial charge in [0.25, 0.3) is 0 Å². The summed E-state index contributed by atoms with van der Waals surface area (Å²) < 4.78 is 0. The minimum atomic E-state index is 0.567. The van der Waals surface area contributed by atoms with E-state index in [4.69, 9.17) is 0 Å². The Labute approximate surface area is 126 Å². The van der Waals surface area contributed by atoms with Crippen molar-refractivity contribution in [2.75, 3.05) is 26.7 Å². The molecule has 1 N–H and O–H groups in total. The number of nitrogens with zero attached hydrogens (tertiary/aromatic N) is 1. The van der Waals surface area contributed by atoms with Crippen LogP contribution in [0.25, 0.3) is 0 Å². The van der Waals surface area contributed by atoms with Gasteiger partial charge >= 0.3 is 0 Å². The molecule has 0 aliphatic heterocycles. The molecule has 118 valence electrons. The number of hydrogen-bond donors (Lipinski definition) is 1. The van der Waals surface area contributed by atoms with Crippen molar-refractivity contribution in [3.63, 3.8) is 0 Å². The number of hydrogen-bond acceptors (Lipinski definition) is 2. The highest BCUT2D eigenvalue weighted by Crippen LogP contribution is 2.41. The lowest BCUT2D eigenvalue weighted by Crippen LogP contribution is -2.46. The van der Waals surface area contributed by atoms with Gasteiger partial charge in [0, 0.05) is 19.1 Å². The molecule has 0 atom stereocenters. The van der Waals surface area contributed by atoms with Gasteiger partial charge in [-0.2, -0.15) is 0 Å². The maximum atomic E-state index is 3.63. The van der Waals surface area contributed by atoms with Gasteiger partial charge in [0.2, 0.25) is 0 Å². The second kappa shape index (κ2) is 6.79. The average molecular weight is 280 g/mol. The topological polar surface area (TPSA) is 15.3 Å². The van der Waals surface area contributed by atoms with Crippen molar-refractivity contribution in [1.29, 1.82) is 0 Å². The predicted octanol–water partition coefficient (Wildman–Crippen LogP) is 4.06. The Morgan fingerprint density at radius 1 is 1.05 bits per heavy atom. The van der Waals surface area contributed by atoms with Crippen molar-refractivity contribution in [3.05, 3.63) is 0 Å². The molecule has 2 aliphatic carbocycles. The SMILES string of the molecule is CCNCC1(CN(C)C2CCC(C)(C)CC2)CCCC1. The van der Waals surface area contributed by atoms with Crippen LogP contribution in [0.5, 0.6) is 0 Å². The van der Waals surface area contributed by atoms with E-state index in [0.29, 0.717) is 10.8 Å². The van der Waals surface area contributed by atoms with Crippen molar-refractivity contribution in [1.82, 2.24) is 10.2 Å². The van der Waals surface area contributed by atoms with Gasteiger partial charge in [0.05, 0.1) is 0 Å². The molecule has 2 nitrogen and oxygen atoms in total. The first-order chi connectivity index (χ1) is 9.46. The molecular formula is C18H36N2. The van der Waals surface area contributed by atoms with Gasteiger partial charge in [0.1, 0.15) is 0 Å². The molecule has 0 amide bonds. The highest BCUT2D eigenvalue weighted by atomic mass is 15.1. The van der Waals surface area contributed by atoms with Crippen molar-refractivity contribution < 1.29 is 0 Å². The summed E-state index contributed by atoms with van der Waals surface area (Å²) in [4.78, 5) is 2.71. The van der Waals surface area contributed by atoms with E-state index >= 15 is 0 Å². The van der Waals surface area contributed by atoms with E-state index in [1.54, 1.807) is 0 Å². The van der Waals surface area contributed by atoms with Crippen LogP contribution in [0.1, 0.15) is 72.1 Å². The zero-order valence-corrected chi connectivity index (χ0v) is 14.3. The Kier molecular flexibility index (Phi) is 5.53. The summed E-state index contributed by atoms with van der Waals surface area (Å²) in [6, 6.07) is 0.835. The fourth-order valence-corrected chi connectivity index (χ4v) is 4.39. The van der Waals surface area contributed by atoms with Crippen LogP contribution in [0.2, 0.25) is 0 Å². The van der Waals surface area contributed by atoms with Crippen molar-refractivity contribution in [3.8, 4) is 0 Å². The zero-order chi connectivity index (χ0) is 14.6. The molecule has 2 fully saturated rings. The summed E-state index contributed by atoms with van der Waals surface area (Å²) >= 11 is 0. The lowest BCUT2D eigenvalue weighted by molar-refractivity contribution is 0.0844. The maximum Gasteiger partial charge on any atom is 0.00928 e. The van der Waals surface area contributed by atoms with Crippen LogP contribution in [-0.2, 0) is 0 Å². The molecule has 20 heavy (non-hydrogen) atoms. The second-order valence-corrected chi connectivity index (χ2v) is 8.30. The minimum absolute atomic E-state index is 0.567. The van der Waals surface area contributed by atoms with Crippen LogP contribution < -0.4 is 5.32 Å². The Morgan fingerprint density at radius 3 is 2.20 bits per heavy atom. The summed E-state index contributed by atoms with van der Waals surface area (Å²) in [5.74, 6) is 0. The molecule has 0 bridgehead atoms. The molecule has 0 saturated heterocycles. The lowest BCUT2D eigenvalue weighted by atomic mass is 9.75. The van der Waals surface area contributed by atoms with Crippen LogP contribution in [0.3, 0.4) is 0 Å². The van der Waals surface area contributed by atoms with E-state index in [9.17, 15) is 0 Å². The predicted molar refractivity (Wildman–Crippen MR) is 88.1 cm³/mol. The number of nitrogens with one attached hydrogen (secondary N) is 1. The van der Waals surface area contributed by atoms with Crippen LogP contribution in [-0.4, -0.2) is 37.6 Å². The Hall–Kier alpha value is -0.0800. The van der Waals surface area contributed by atoms with Gasteiger partial charge in [-0.15, -0.1) is 0 Å². The molecule has 0 aromatic carbocycles. The zero-order valence-electron chi connectivity index (χ0n) is 14.3. The first-order valence-corrected chi connectivity index (χ1v) is 8.87. The van der Waals surface area contributed by atoms with Crippen LogP contribution >= 0.6 is 0 Å². The second-order valence-electron chi connectivity index (χ2n) is 8.30.